The number of unbranched alkanes of at least 4 members (excludes halogenated alkanes) is 2. The summed E-state index contributed by atoms with van der Waals surface area (Å²) in [5.41, 5.74) is 12.8. The fourth-order valence-electron chi connectivity index (χ4n) is 9.89. The predicted molar refractivity (Wildman–Crippen MR) is 305 cm³/mol. The van der Waals surface area contributed by atoms with E-state index >= 15 is 0 Å². The van der Waals surface area contributed by atoms with Crippen LogP contribution in [-0.4, -0.2) is 103 Å². The molecule has 1 aliphatic carbocycles. The molecular formula is C60H71F2N11O9. The lowest BCUT2D eigenvalue weighted by molar-refractivity contribution is -0.132. The van der Waals surface area contributed by atoms with Gasteiger partial charge in [0.2, 0.25) is 29.5 Å². The standard InChI is InChI=1S/C60H71F2N11O9/c1-2-52(75)65-30-31-67-59(80)72-58(63)66-29-14-24-51(56(78)69-34-45-48(61)32-40(74)33-49(45)62)71-57(79)55(38-16-5-3-6-17-38)73-35-39-18-13-23-50(46(39)36-73)70-54(77)26-15-28-64-53(76)25-7-4-12-27-68-60(81)82-37-47-43-21-10-8-19-41(43)42-20-9-11-22-44(42)47/h3,5-6,8-11,13,16-23,32-33,47,51,55,74H,2,4,7,12,14-15,24-31,34-37H2,1H3,(H,64,76)(H,65,75)(H,68,81)(H,69,78)(H,70,77)(H,71,79)(H4,63,66,67,72,80)/t51-,55+/m1/s1. The first kappa shape index (κ1) is 60.7. The number of aliphatic imine (C=N–C) groups is 1. The summed E-state index contributed by atoms with van der Waals surface area (Å²) in [4.78, 5) is 96.7. The molecule has 1 heterocycles. The molecule has 1 aliphatic heterocycles. The number of carbonyl (C=O) groups excluding carboxylic acids is 7. The van der Waals surface area contributed by atoms with Crippen LogP contribution in [0.15, 0.2) is 114 Å². The summed E-state index contributed by atoms with van der Waals surface area (Å²) in [6, 6.07) is 29.2. The Morgan fingerprint density at radius 2 is 1.35 bits per heavy atom. The fourth-order valence-corrected chi connectivity index (χ4v) is 9.89. The van der Waals surface area contributed by atoms with Crippen molar-refractivity contribution in [2.45, 2.75) is 102 Å². The smallest absolute Gasteiger partial charge is 0.407 e. The predicted octanol–water partition coefficient (Wildman–Crippen LogP) is 6.38. The number of hydrogen-bond donors (Lipinski definition) is 10. The Bertz CT molecular complexity index is 3020. The van der Waals surface area contributed by atoms with E-state index in [9.17, 15) is 47.4 Å². The van der Waals surface area contributed by atoms with Gasteiger partial charge in [-0.1, -0.05) is 104 Å². The van der Waals surface area contributed by atoms with E-state index in [0.717, 1.165) is 39.8 Å². The second-order valence-corrected chi connectivity index (χ2v) is 19.9. The Labute approximate surface area is 474 Å². The molecule has 0 spiro atoms. The summed E-state index contributed by atoms with van der Waals surface area (Å²) in [6.07, 6.45) is 2.81. The number of nitrogens with zero attached hydrogens (tertiary/aromatic N) is 2. The first-order valence-electron chi connectivity index (χ1n) is 27.6. The van der Waals surface area contributed by atoms with E-state index in [4.69, 9.17) is 10.5 Å². The molecule has 11 N–H and O–H groups in total. The molecule has 7 rings (SSSR count). The zero-order valence-corrected chi connectivity index (χ0v) is 45.8. The largest absolute Gasteiger partial charge is 0.508 e. The number of urea groups is 1. The third-order valence-corrected chi connectivity index (χ3v) is 14.0. The minimum atomic E-state index is -1.25. The van der Waals surface area contributed by atoms with Crippen molar-refractivity contribution in [1.82, 2.24) is 42.1 Å². The van der Waals surface area contributed by atoms with Gasteiger partial charge in [0.05, 0.1) is 0 Å². The van der Waals surface area contributed by atoms with Gasteiger partial charge >= 0.3 is 12.1 Å². The van der Waals surface area contributed by atoms with Gasteiger partial charge in [-0.2, -0.15) is 0 Å². The molecule has 2 atom stereocenters. The highest BCUT2D eigenvalue weighted by molar-refractivity contribution is 5.95. The molecule has 434 valence electrons. The number of nitrogens with two attached hydrogens (primary N) is 1. The highest BCUT2D eigenvalue weighted by atomic mass is 19.1. The number of anilines is 1. The van der Waals surface area contributed by atoms with Crippen molar-refractivity contribution in [2.24, 2.45) is 10.7 Å². The molecule has 0 saturated carbocycles. The van der Waals surface area contributed by atoms with Crippen molar-refractivity contribution >= 4 is 53.3 Å². The van der Waals surface area contributed by atoms with E-state index in [-0.39, 0.29) is 81.6 Å². The molecule has 22 heteroatoms. The number of halogens is 2. The minimum Gasteiger partial charge on any atom is -0.508 e. The number of fused-ring (bicyclic) bond motifs is 4. The summed E-state index contributed by atoms with van der Waals surface area (Å²) in [6.45, 7) is 2.93. The Kier molecular flexibility index (Phi) is 22.7. The lowest BCUT2D eigenvalue weighted by Gasteiger charge is -2.29. The summed E-state index contributed by atoms with van der Waals surface area (Å²) < 4.78 is 35.0. The Morgan fingerprint density at radius 3 is 2.07 bits per heavy atom. The highest BCUT2D eigenvalue weighted by Gasteiger charge is 2.36. The number of carbonyl (C=O) groups is 7. The molecule has 0 unspecified atom stereocenters. The van der Waals surface area contributed by atoms with Crippen LogP contribution < -0.4 is 48.3 Å². The molecule has 0 aromatic heterocycles. The van der Waals surface area contributed by atoms with E-state index in [2.05, 4.69) is 71.8 Å². The number of benzene rings is 5. The lowest BCUT2D eigenvalue weighted by Crippen LogP contribution is -2.50. The molecule has 5 aromatic carbocycles. The number of phenols is 1. The van der Waals surface area contributed by atoms with Gasteiger partial charge in [0, 0.05) is 101 Å². The molecule has 2 aliphatic rings. The topological polar surface area (TPSA) is 287 Å². The minimum absolute atomic E-state index is 0.00224. The van der Waals surface area contributed by atoms with Crippen molar-refractivity contribution in [3.8, 4) is 16.9 Å². The third-order valence-electron chi connectivity index (χ3n) is 14.0. The van der Waals surface area contributed by atoms with Gasteiger partial charge in [-0.3, -0.25) is 39.2 Å². The Balaban J connectivity index is 0.860. The molecule has 0 fully saturated rings. The monoisotopic (exact) mass is 1130 g/mol. The Hall–Kier alpha value is -8.92. The lowest BCUT2D eigenvalue weighted by atomic mass is 9.98. The van der Waals surface area contributed by atoms with Gasteiger partial charge in [0.15, 0.2) is 5.96 Å². The van der Waals surface area contributed by atoms with Crippen LogP contribution in [0.25, 0.3) is 11.1 Å². The molecule has 5 aromatic rings. The summed E-state index contributed by atoms with van der Waals surface area (Å²) in [5, 5.41) is 31.2. The van der Waals surface area contributed by atoms with Gasteiger partial charge in [-0.25, -0.2) is 18.4 Å². The van der Waals surface area contributed by atoms with Crippen molar-refractivity contribution in [1.29, 1.82) is 0 Å². The molecule has 8 amide bonds. The molecule has 0 saturated heterocycles. The zero-order chi connectivity index (χ0) is 58.4. The molecule has 20 nitrogen and oxygen atoms in total. The van der Waals surface area contributed by atoms with Crippen LogP contribution in [-0.2, 0) is 48.3 Å². The summed E-state index contributed by atoms with van der Waals surface area (Å²) >= 11 is 0. The van der Waals surface area contributed by atoms with Crippen LogP contribution in [0.5, 0.6) is 5.75 Å². The number of hydrogen-bond acceptors (Lipinski definition) is 11. The first-order valence-corrected chi connectivity index (χ1v) is 27.6. The maximum atomic E-state index is 14.7. The average Bonchev–Trinajstić information content (AvgIpc) is 3.72. The number of alkyl carbamates (subject to hydrolysis) is 1. The fraction of sp³-hybridized carbons (Fsp3) is 0.367. The van der Waals surface area contributed by atoms with Crippen LogP contribution in [0, 0.1) is 11.6 Å². The van der Waals surface area contributed by atoms with E-state index in [1.165, 1.54) is 0 Å². The first-order chi connectivity index (χ1) is 39.7. The second kappa shape index (κ2) is 30.6. The highest BCUT2D eigenvalue weighted by Crippen LogP contribution is 2.44. The number of ether oxygens (including phenoxy) is 1. The van der Waals surface area contributed by atoms with Gasteiger partial charge in [-0.05, 0) is 77.1 Å². The summed E-state index contributed by atoms with van der Waals surface area (Å²) in [7, 11) is 0. The molecule has 82 heavy (non-hydrogen) atoms. The molecule has 0 bridgehead atoms. The SMILES string of the molecule is CCC(=O)NCCNC(=O)NC(N)=NCCC[C@@H](NC(=O)[C@H](c1ccccc1)N1Cc2cccc(NC(=O)CCCNC(=O)CCCCCNC(=O)OCC3c4ccccc4-c4ccccc43)c2C1)C(=O)NCc1c(F)cc(O)cc1F. The number of aromatic hydroxyl groups is 1. The van der Waals surface area contributed by atoms with Crippen molar-refractivity contribution in [2.75, 3.05) is 44.6 Å². The van der Waals surface area contributed by atoms with Gasteiger partial charge in [0.25, 0.3) is 0 Å². The normalized spacial score (nSPS) is 13.3. The van der Waals surface area contributed by atoms with Crippen molar-refractivity contribution in [3.05, 3.63) is 154 Å². The van der Waals surface area contributed by atoms with Crippen LogP contribution in [0.1, 0.15) is 110 Å². The van der Waals surface area contributed by atoms with Crippen molar-refractivity contribution < 1.29 is 52.2 Å². The van der Waals surface area contributed by atoms with Gasteiger partial charge < -0.3 is 52.8 Å². The van der Waals surface area contributed by atoms with Crippen LogP contribution in [0.3, 0.4) is 0 Å². The number of guanidine groups is 1. The van der Waals surface area contributed by atoms with Crippen molar-refractivity contribution in [3.63, 3.8) is 0 Å². The van der Waals surface area contributed by atoms with E-state index < -0.39 is 65.5 Å². The average molecular weight is 1130 g/mol. The van der Waals surface area contributed by atoms with Crippen LogP contribution in [0.2, 0.25) is 0 Å². The quantitative estimate of drug-likeness (QED) is 0.0149. The Morgan fingerprint density at radius 1 is 0.695 bits per heavy atom. The van der Waals surface area contributed by atoms with Crippen LogP contribution >= 0.6 is 0 Å². The van der Waals surface area contributed by atoms with E-state index in [1.807, 2.05) is 35.2 Å². The number of nitrogens with one attached hydrogen (secondary N) is 8. The third kappa shape index (κ3) is 17.5. The van der Waals surface area contributed by atoms with E-state index in [0.29, 0.717) is 75.1 Å². The molecular weight excluding hydrogens is 1060 g/mol. The zero-order valence-electron chi connectivity index (χ0n) is 45.8. The van der Waals surface area contributed by atoms with E-state index in [1.54, 1.807) is 49.4 Å². The maximum absolute atomic E-state index is 14.7. The van der Waals surface area contributed by atoms with Gasteiger partial charge in [-0.15, -0.1) is 0 Å². The number of amides is 8. The number of rotatable bonds is 28. The number of phenolic OH excluding ortho intramolecular Hbond substituents is 1. The van der Waals surface area contributed by atoms with Crippen LogP contribution in [0.4, 0.5) is 24.1 Å². The summed E-state index contributed by atoms with van der Waals surface area (Å²) in [5.74, 6) is -4.93. The second-order valence-electron chi connectivity index (χ2n) is 19.9. The maximum Gasteiger partial charge on any atom is 0.407 e. The van der Waals surface area contributed by atoms with Gasteiger partial charge in [0.1, 0.15) is 36.1 Å². The molecule has 0 radical (unpaired) electrons.